The molecule has 92 valence electrons. The van der Waals surface area contributed by atoms with E-state index in [1.165, 1.54) is 6.07 Å². The number of aromatic nitrogens is 2. The molecule has 2 rings (SSSR count). The number of nitrogens with two attached hydrogens (primary N) is 1. The number of nitrogen functional groups attached to an aromatic ring is 1. The minimum absolute atomic E-state index is 0.132. The molecule has 3 nitrogen and oxygen atoms in total. The van der Waals surface area contributed by atoms with E-state index in [0.29, 0.717) is 18.0 Å². The number of anilines is 1. The average molecular weight is 239 g/mol. The Morgan fingerprint density at radius 3 is 2.76 bits per heavy atom. The first-order valence-corrected chi connectivity index (χ1v) is 5.63. The van der Waals surface area contributed by atoms with Crippen LogP contribution in [0.3, 0.4) is 0 Å². The zero-order chi connectivity index (χ0) is 12.6. The molecular weight excluding hydrogens is 224 g/mol. The molecule has 1 heterocycles. The minimum Gasteiger partial charge on any atom is -0.369 e. The van der Waals surface area contributed by atoms with Crippen LogP contribution in [-0.2, 0) is 6.54 Å². The zero-order valence-electron chi connectivity index (χ0n) is 9.87. The lowest BCUT2D eigenvalue weighted by Gasteiger charge is -2.11. The molecule has 1 aromatic heterocycles. The topological polar surface area (TPSA) is 43.8 Å². The Bertz CT molecular complexity index is 548. The summed E-state index contributed by atoms with van der Waals surface area (Å²) in [5.74, 6) is -0.680. The molecule has 0 aliphatic heterocycles. The fourth-order valence-electron chi connectivity index (χ4n) is 1.80. The van der Waals surface area contributed by atoms with E-state index in [4.69, 9.17) is 5.73 Å². The molecule has 1 atom stereocenters. The highest BCUT2D eigenvalue weighted by Gasteiger charge is 2.14. The Labute approximate surface area is 98.2 Å². The summed E-state index contributed by atoms with van der Waals surface area (Å²) >= 11 is 0. The highest BCUT2D eigenvalue weighted by atomic mass is 19.1. The third-order valence-corrected chi connectivity index (χ3v) is 2.99. The molecule has 0 fully saturated rings. The van der Waals surface area contributed by atoms with Gasteiger partial charge in [0.2, 0.25) is 5.95 Å². The van der Waals surface area contributed by atoms with Gasteiger partial charge in [-0.1, -0.05) is 20.3 Å². The van der Waals surface area contributed by atoms with Gasteiger partial charge in [-0.05, 0) is 5.92 Å². The van der Waals surface area contributed by atoms with Gasteiger partial charge in [0.25, 0.3) is 0 Å². The monoisotopic (exact) mass is 239 g/mol. The quantitative estimate of drug-likeness (QED) is 0.894. The number of rotatable bonds is 3. The Morgan fingerprint density at radius 1 is 1.41 bits per heavy atom. The Morgan fingerprint density at radius 2 is 2.12 bits per heavy atom. The number of benzene rings is 1. The van der Waals surface area contributed by atoms with E-state index in [2.05, 4.69) is 18.8 Å². The van der Waals surface area contributed by atoms with Crippen molar-refractivity contribution in [2.75, 3.05) is 5.73 Å². The fraction of sp³-hybridized carbons (Fsp3) is 0.417. The van der Waals surface area contributed by atoms with Crippen LogP contribution in [0.15, 0.2) is 12.1 Å². The van der Waals surface area contributed by atoms with Crippen molar-refractivity contribution in [1.29, 1.82) is 0 Å². The van der Waals surface area contributed by atoms with Crippen LogP contribution in [0.2, 0.25) is 0 Å². The van der Waals surface area contributed by atoms with E-state index in [1.807, 2.05) is 0 Å². The van der Waals surface area contributed by atoms with Gasteiger partial charge in [-0.15, -0.1) is 0 Å². The van der Waals surface area contributed by atoms with Gasteiger partial charge in [0.15, 0.2) is 5.82 Å². The number of halogens is 2. The third kappa shape index (κ3) is 2.09. The van der Waals surface area contributed by atoms with Crippen LogP contribution in [0.5, 0.6) is 0 Å². The maximum absolute atomic E-state index is 13.5. The van der Waals surface area contributed by atoms with Gasteiger partial charge in [-0.25, -0.2) is 13.8 Å². The molecule has 1 aromatic carbocycles. The maximum Gasteiger partial charge on any atom is 0.201 e. The van der Waals surface area contributed by atoms with Crippen LogP contribution < -0.4 is 5.73 Å². The van der Waals surface area contributed by atoms with Gasteiger partial charge >= 0.3 is 0 Å². The molecule has 0 saturated carbocycles. The summed E-state index contributed by atoms with van der Waals surface area (Å²) in [7, 11) is 0. The van der Waals surface area contributed by atoms with Gasteiger partial charge < -0.3 is 10.3 Å². The molecule has 0 spiro atoms. The Balaban J connectivity index is 2.58. The summed E-state index contributed by atoms with van der Waals surface area (Å²) in [6.07, 6.45) is 0.969. The van der Waals surface area contributed by atoms with E-state index in [0.717, 1.165) is 12.5 Å². The number of nitrogens with zero attached hydrogens (tertiary/aromatic N) is 2. The third-order valence-electron chi connectivity index (χ3n) is 2.99. The molecule has 0 amide bonds. The zero-order valence-corrected chi connectivity index (χ0v) is 9.87. The Hall–Kier alpha value is -1.65. The van der Waals surface area contributed by atoms with Gasteiger partial charge in [0.1, 0.15) is 11.3 Å². The molecule has 0 aliphatic rings. The fourth-order valence-corrected chi connectivity index (χ4v) is 1.80. The second-order valence-electron chi connectivity index (χ2n) is 4.35. The van der Waals surface area contributed by atoms with Crippen LogP contribution in [0.1, 0.15) is 20.3 Å². The van der Waals surface area contributed by atoms with E-state index in [-0.39, 0.29) is 11.5 Å². The predicted molar refractivity (Wildman–Crippen MR) is 63.5 cm³/mol. The van der Waals surface area contributed by atoms with E-state index in [9.17, 15) is 8.78 Å². The summed E-state index contributed by atoms with van der Waals surface area (Å²) in [6.45, 7) is 4.73. The molecule has 0 bridgehead atoms. The van der Waals surface area contributed by atoms with E-state index < -0.39 is 11.6 Å². The first-order valence-electron chi connectivity index (χ1n) is 5.63. The van der Waals surface area contributed by atoms with Crippen molar-refractivity contribution in [1.82, 2.24) is 9.55 Å². The van der Waals surface area contributed by atoms with E-state index >= 15 is 0 Å². The maximum atomic E-state index is 13.5. The highest BCUT2D eigenvalue weighted by Crippen LogP contribution is 2.23. The second kappa shape index (κ2) is 4.31. The molecule has 17 heavy (non-hydrogen) atoms. The SMILES string of the molecule is CCC(C)Cn1c(N)nc2c(F)cc(F)cc21. The number of fused-ring (bicyclic) bond motifs is 1. The van der Waals surface area contributed by atoms with E-state index in [1.54, 1.807) is 4.57 Å². The van der Waals surface area contributed by atoms with Gasteiger partial charge in [-0.2, -0.15) is 0 Å². The van der Waals surface area contributed by atoms with Gasteiger partial charge in [0, 0.05) is 18.7 Å². The van der Waals surface area contributed by atoms with Crippen molar-refractivity contribution in [3.63, 3.8) is 0 Å². The summed E-state index contributed by atoms with van der Waals surface area (Å²) in [5.41, 5.74) is 6.29. The number of hydrogen-bond acceptors (Lipinski definition) is 2. The highest BCUT2D eigenvalue weighted by molar-refractivity contribution is 5.79. The van der Waals surface area contributed by atoms with Crippen LogP contribution >= 0.6 is 0 Å². The lowest BCUT2D eigenvalue weighted by atomic mass is 10.1. The first kappa shape index (κ1) is 11.8. The standard InChI is InChI=1S/C12H15F2N3/c1-3-7(2)6-17-10-5-8(13)4-9(14)11(10)16-12(17)15/h4-5,7H,3,6H2,1-2H3,(H2,15,16). The average Bonchev–Trinajstić information content (AvgIpc) is 2.57. The van der Waals surface area contributed by atoms with Crippen molar-refractivity contribution in [3.8, 4) is 0 Å². The summed E-state index contributed by atoms with van der Waals surface area (Å²) < 4.78 is 28.3. The summed E-state index contributed by atoms with van der Waals surface area (Å²) in [4.78, 5) is 3.94. The molecule has 1 unspecified atom stereocenters. The predicted octanol–water partition coefficient (Wildman–Crippen LogP) is 2.94. The van der Waals surface area contributed by atoms with Gasteiger partial charge in [-0.3, -0.25) is 0 Å². The van der Waals surface area contributed by atoms with Crippen LogP contribution in [-0.4, -0.2) is 9.55 Å². The van der Waals surface area contributed by atoms with Crippen molar-refractivity contribution >= 4 is 17.0 Å². The summed E-state index contributed by atoms with van der Waals surface area (Å²) in [6, 6.07) is 2.09. The molecule has 0 aliphatic carbocycles. The van der Waals surface area contributed by atoms with Crippen LogP contribution in [0.25, 0.3) is 11.0 Å². The molecule has 2 N–H and O–H groups in total. The van der Waals surface area contributed by atoms with Crippen molar-refractivity contribution in [2.24, 2.45) is 5.92 Å². The first-order chi connectivity index (χ1) is 8.02. The normalized spacial score (nSPS) is 13.2. The molecule has 0 radical (unpaired) electrons. The molecule has 5 heteroatoms. The van der Waals surface area contributed by atoms with Crippen LogP contribution in [0.4, 0.5) is 14.7 Å². The van der Waals surface area contributed by atoms with Gasteiger partial charge in [0.05, 0.1) is 5.52 Å². The largest absolute Gasteiger partial charge is 0.369 e. The molecule has 2 aromatic rings. The number of hydrogen-bond donors (Lipinski definition) is 1. The molecular formula is C12H15F2N3. The lowest BCUT2D eigenvalue weighted by molar-refractivity contribution is 0.479. The Kier molecular flexibility index (Phi) is 3.00. The lowest BCUT2D eigenvalue weighted by Crippen LogP contribution is -2.09. The minimum atomic E-state index is -0.672. The second-order valence-corrected chi connectivity index (χ2v) is 4.35. The number of imidazole rings is 1. The van der Waals surface area contributed by atoms with Crippen molar-refractivity contribution < 1.29 is 8.78 Å². The summed E-state index contributed by atoms with van der Waals surface area (Å²) in [5, 5.41) is 0. The van der Waals surface area contributed by atoms with Crippen molar-refractivity contribution in [3.05, 3.63) is 23.8 Å². The smallest absolute Gasteiger partial charge is 0.201 e. The van der Waals surface area contributed by atoms with Crippen molar-refractivity contribution in [2.45, 2.75) is 26.8 Å². The molecule has 0 saturated heterocycles. The van der Waals surface area contributed by atoms with Crippen LogP contribution in [0, 0.1) is 17.6 Å².